The highest BCUT2D eigenvalue weighted by Crippen LogP contribution is 2.15. The van der Waals surface area contributed by atoms with Crippen LogP contribution in [0.5, 0.6) is 5.75 Å². The van der Waals surface area contributed by atoms with Crippen molar-refractivity contribution in [3.05, 3.63) is 82.3 Å². The van der Waals surface area contributed by atoms with Gasteiger partial charge in [-0.2, -0.15) is 5.10 Å². The van der Waals surface area contributed by atoms with Gasteiger partial charge in [-0.05, 0) is 60.9 Å². The van der Waals surface area contributed by atoms with Gasteiger partial charge in [0.15, 0.2) is 0 Å². The number of ether oxygens (including phenoxy) is 1. The van der Waals surface area contributed by atoms with Gasteiger partial charge < -0.3 is 15.4 Å². The van der Waals surface area contributed by atoms with E-state index < -0.39 is 17.4 Å². The van der Waals surface area contributed by atoms with Crippen molar-refractivity contribution < 1.29 is 14.3 Å². The fourth-order valence-electron chi connectivity index (χ4n) is 3.02. The van der Waals surface area contributed by atoms with Crippen molar-refractivity contribution in [3.63, 3.8) is 0 Å². The Morgan fingerprint density at radius 2 is 1.59 bits per heavy atom. The van der Waals surface area contributed by atoms with Crippen LogP contribution in [0.25, 0.3) is 0 Å². The maximum Gasteiger partial charge on any atom is 0.276 e. The number of aromatic nitrogens is 2. The number of hydrogen-bond acceptors (Lipinski definition) is 5. The van der Waals surface area contributed by atoms with Gasteiger partial charge in [0.25, 0.3) is 11.5 Å². The number of carbonyl (C=O) groups is 2. The molecule has 3 rings (SSSR count). The predicted octanol–water partition coefficient (Wildman–Crippen LogP) is 3.49. The van der Waals surface area contributed by atoms with E-state index in [1.54, 1.807) is 31.4 Å². The molecule has 0 aliphatic heterocycles. The van der Waals surface area contributed by atoms with Gasteiger partial charge in [0, 0.05) is 17.4 Å². The molecule has 0 spiro atoms. The Hall–Kier alpha value is -3.94. The largest absolute Gasteiger partial charge is 0.497 e. The Balaban J connectivity index is 1.63. The zero-order valence-corrected chi connectivity index (χ0v) is 18.1. The van der Waals surface area contributed by atoms with Gasteiger partial charge >= 0.3 is 0 Å². The number of carbonyl (C=O) groups excluding carboxylic acids is 2. The van der Waals surface area contributed by atoms with Gasteiger partial charge in [0.05, 0.1) is 7.11 Å². The summed E-state index contributed by atoms with van der Waals surface area (Å²) in [5, 5.41) is 9.48. The molecule has 0 aliphatic rings. The van der Waals surface area contributed by atoms with Crippen LogP contribution in [0.15, 0.2) is 65.5 Å². The molecule has 8 heteroatoms. The first-order chi connectivity index (χ1) is 15.5. The van der Waals surface area contributed by atoms with E-state index in [9.17, 15) is 14.4 Å². The number of benzene rings is 2. The molecule has 0 aliphatic carbocycles. The fraction of sp³-hybridized carbons (Fsp3) is 0.250. The number of rotatable bonds is 9. The van der Waals surface area contributed by atoms with Crippen LogP contribution in [0.3, 0.4) is 0 Å². The highest BCUT2D eigenvalue weighted by atomic mass is 16.5. The molecule has 0 radical (unpaired) electrons. The molecule has 0 fully saturated rings. The summed E-state index contributed by atoms with van der Waals surface area (Å²) in [5.41, 5.74) is 1.94. The molecule has 8 nitrogen and oxygen atoms in total. The second-order valence-corrected chi connectivity index (χ2v) is 7.25. The van der Waals surface area contributed by atoms with Crippen LogP contribution in [-0.4, -0.2) is 28.7 Å². The van der Waals surface area contributed by atoms with Gasteiger partial charge in [-0.25, -0.2) is 4.68 Å². The van der Waals surface area contributed by atoms with E-state index >= 15 is 0 Å². The first-order valence-electron chi connectivity index (χ1n) is 10.4. The standard InChI is InChI=1S/C24H26N4O4/c1-3-4-5-17-6-8-18(9-7-17)25-22(29)16-28-23(30)15-14-21(27-28)24(31)26-19-10-12-20(32-2)13-11-19/h6-15H,3-5,16H2,1-2H3,(H,25,29)(H,26,31). The molecule has 0 saturated heterocycles. The molecule has 1 aromatic heterocycles. The van der Waals surface area contributed by atoms with Crippen LogP contribution in [0, 0.1) is 0 Å². The number of unbranched alkanes of at least 4 members (excludes halogenated alkanes) is 1. The summed E-state index contributed by atoms with van der Waals surface area (Å²) in [4.78, 5) is 37.0. The van der Waals surface area contributed by atoms with Gasteiger partial charge in [0.1, 0.15) is 18.0 Å². The predicted molar refractivity (Wildman–Crippen MR) is 123 cm³/mol. The quantitative estimate of drug-likeness (QED) is 0.537. The van der Waals surface area contributed by atoms with Crippen LogP contribution in [-0.2, 0) is 17.8 Å². The average Bonchev–Trinajstić information content (AvgIpc) is 2.80. The lowest BCUT2D eigenvalue weighted by Gasteiger charge is -2.09. The van der Waals surface area contributed by atoms with Gasteiger partial charge in [0.2, 0.25) is 5.91 Å². The molecule has 2 N–H and O–H groups in total. The first-order valence-corrected chi connectivity index (χ1v) is 10.4. The minimum absolute atomic E-state index is 0.0218. The number of nitrogens with one attached hydrogen (secondary N) is 2. The Morgan fingerprint density at radius 1 is 0.938 bits per heavy atom. The van der Waals surface area contributed by atoms with Gasteiger partial charge in [-0.1, -0.05) is 25.5 Å². The molecule has 0 unspecified atom stereocenters. The van der Waals surface area contributed by atoms with Crippen molar-refractivity contribution >= 4 is 23.2 Å². The smallest absolute Gasteiger partial charge is 0.276 e. The molecule has 0 saturated carbocycles. The number of amides is 2. The van der Waals surface area contributed by atoms with Gasteiger partial charge in [-0.3, -0.25) is 14.4 Å². The maximum absolute atomic E-state index is 12.5. The molecule has 3 aromatic rings. The lowest BCUT2D eigenvalue weighted by Crippen LogP contribution is -2.31. The number of methoxy groups -OCH3 is 1. The third-order valence-corrected chi connectivity index (χ3v) is 4.80. The van der Waals surface area contributed by atoms with Crippen molar-refractivity contribution in [1.82, 2.24) is 9.78 Å². The van der Waals surface area contributed by atoms with Crippen molar-refractivity contribution in [1.29, 1.82) is 0 Å². The molecule has 0 bridgehead atoms. The van der Waals surface area contributed by atoms with Crippen LogP contribution >= 0.6 is 0 Å². The summed E-state index contributed by atoms with van der Waals surface area (Å²) >= 11 is 0. The monoisotopic (exact) mass is 434 g/mol. The van der Waals surface area contributed by atoms with Crippen molar-refractivity contribution in [2.24, 2.45) is 0 Å². The van der Waals surface area contributed by atoms with Crippen LogP contribution in [0.4, 0.5) is 11.4 Å². The van der Waals surface area contributed by atoms with Crippen LogP contribution in [0.1, 0.15) is 35.8 Å². The van der Waals surface area contributed by atoms with E-state index in [1.165, 1.54) is 17.7 Å². The number of hydrogen-bond donors (Lipinski definition) is 2. The molecular weight excluding hydrogens is 408 g/mol. The molecule has 32 heavy (non-hydrogen) atoms. The highest BCUT2D eigenvalue weighted by molar-refractivity contribution is 6.02. The minimum Gasteiger partial charge on any atom is -0.497 e. The second kappa shape index (κ2) is 10.9. The van der Waals surface area contributed by atoms with E-state index in [1.807, 2.05) is 24.3 Å². The lowest BCUT2D eigenvalue weighted by atomic mass is 10.1. The summed E-state index contributed by atoms with van der Waals surface area (Å²) in [5.74, 6) is -0.239. The Kier molecular flexibility index (Phi) is 7.75. The van der Waals surface area contributed by atoms with E-state index in [4.69, 9.17) is 4.74 Å². The summed E-state index contributed by atoms with van der Waals surface area (Å²) in [7, 11) is 1.56. The Labute approximate surface area is 186 Å². The number of aryl methyl sites for hydroxylation is 1. The lowest BCUT2D eigenvalue weighted by molar-refractivity contribution is -0.117. The third kappa shape index (κ3) is 6.28. The second-order valence-electron chi connectivity index (χ2n) is 7.25. The zero-order chi connectivity index (χ0) is 22.9. The van der Waals surface area contributed by atoms with Crippen LogP contribution in [0.2, 0.25) is 0 Å². The molecular formula is C24H26N4O4. The van der Waals surface area contributed by atoms with Crippen molar-refractivity contribution in [3.8, 4) is 5.75 Å². The zero-order valence-electron chi connectivity index (χ0n) is 18.1. The molecule has 0 atom stereocenters. The third-order valence-electron chi connectivity index (χ3n) is 4.80. The SMILES string of the molecule is CCCCc1ccc(NC(=O)Cn2nc(C(=O)Nc3ccc(OC)cc3)ccc2=O)cc1. The first kappa shape index (κ1) is 22.7. The fourth-order valence-corrected chi connectivity index (χ4v) is 3.02. The minimum atomic E-state index is -0.494. The van der Waals surface area contributed by atoms with E-state index in [0.29, 0.717) is 17.1 Å². The molecule has 2 aromatic carbocycles. The molecule has 166 valence electrons. The summed E-state index contributed by atoms with van der Waals surface area (Å²) in [6, 6.07) is 16.9. The van der Waals surface area contributed by atoms with Crippen molar-refractivity contribution in [2.75, 3.05) is 17.7 Å². The van der Waals surface area contributed by atoms with E-state index in [-0.39, 0.29) is 12.2 Å². The van der Waals surface area contributed by atoms with Gasteiger partial charge in [-0.15, -0.1) is 0 Å². The van der Waals surface area contributed by atoms with E-state index in [0.717, 1.165) is 23.9 Å². The summed E-state index contributed by atoms with van der Waals surface area (Å²) in [6.45, 7) is 1.84. The van der Waals surface area contributed by atoms with E-state index in [2.05, 4.69) is 22.7 Å². The summed E-state index contributed by atoms with van der Waals surface area (Å²) in [6.07, 6.45) is 3.23. The highest BCUT2D eigenvalue weighted by Gasteiger charge is 2.12. The summed E-state index contributed by atoms with van der Waals surface area (Å²) < 4.78 is 6.05. The number of nitrogens with zero attached hydrogens (tertiary/aromatic N) is 2. The molecule has 1 heterocycles. The van der Waals surface area contributed by atoms with Crippen LogP contribution < -0.4 is 20.9 Å². The Bertz CT molecular complexity index is 1120. The molecule has 2 amide bonds. The topological polar surface area (TPSA) is 102 Å². The van der Waals surface area contributed by atoms with Crippen molar-refractivity contribution in [2.45, 2.75) is 32.7 Å². The average molecular weight is 434 g/mol. The Morgan fingerprint density at radius 3 is 2.25 bits per heavy atom. The normalized spacial score (nSPS) is 10.4. The number of anilines is 2. The maximum atomic E-state index is 12.5.